The van der Waals surface area contributed by atoms with Gasteiger partial charge < -0.3 is 15.1 Å². The quantitative estimate of drug-likeness (QED) is 0.411. The molecule has 3 saturated heterocycles. The van der Waals surface area contributed by atoms with Gasteiger partial charge in [0, 0.05) is 17.8 Å². The number of rotatable bonds is 5. The maximum Gasteiger partial charge on any atom is 0.249 e. The predicted octanol–water partition coefficient (Wildman–Crippen LogP) is 0.324. The molecule has 10 nitrogen and oxygen atoms in total. The molecule has 4 rings (SSSR count). The molecule has 3 atom stereocenters. The topological polar surface area (TPSA) is 119 Å². The number of nitrogens with zero attached hydrogens (tertiary/aromatic N) is 6. The average molecular weight is 407 g/mol. The van der Waals surface area contributed by atoms with Crippen molar-refractivity contribution in [3.63, 3.8) is 0 Å². The highest BCUT2D eigenvalue weighted by atomic mass is 32.2. The van der Waals surface area contributed by atoms with E-state index < -0.39 is 6.04 Å². The van der Waals surface area contributed by atoms with Crippen molar-refractivity contribution in [3.05, 3.63) is 5.82 Å². The van der Waals surface area contributed by atoms with E-state index in [4.69, 9.17) is 0 Å². The van der Waals surface area contributed by atoms with Gasteiger partial charge >= 0.3 is 0 Å². The van der Waals surface area contributed by atoms with Crippen LogP contribution in [0.15, 0.2) is 4.99 Å². The van der Waals surface area contributed by atoms with Crippen molar-refractivity contribution in [1.82, 2.24) is 35.7 Å². The van der Waals surface area contributed by atoms with Crippen molar-refractivity contribution >= 4 is 29.9 Å². The molecule has 2 amide bonds. The Bertz CT molecular complexity index is 744. The molecule has 11 heteroatoms. The van der Waals surface area contributed by atoms with Crippen molar-refractivity contribution in [1.29, 1.82) is 0 Å². The standard InChI is InChI=1S/C17H26N8O2S/c1-17(2)13(14-20-22-23-21-14)25-15(27)12(16(25)28-17)19-11(26)9-18-10-24-7-5-3-4-6-8-24/h10,12-13,16H,3-9H2,1-2H3,(H,19,26)(H,20,21,22,23)/t12-,13+,16-/m1/s1. The number of H-pyrrole nitrogens is 1. The molecule has 0 bridgehead atoms. The first-order valence-corrected chi connectivity index (χ1v) is 10.6. The summed E-state index contributed by atoms with van der Waals surface area (Å²) in [5.41, 5.74) is 0. The van der Waals surface area contributed by atoms with Crippen LogP contribution in [-0.2, 0) is 9.59 Å². The van der Waals surface area contributed by atoms with Crippen LogP contribution in [0.2, 0.25) is 0 Å². The zero-order valence-electron chi connectivity index (χ0n) is 16.2. The van der Waals surface area contributed by atoms with E-state index in [1.54, 1.807) is 23.0 Å². The van der Waals surface area contributed by atoms with E-state index in [1.165, 1.54) is 25.7 Å². The Balaban J connectivity index is 1.33. The summed E-state index contributed by atoms with van der Waals surface area (Å²) in [6.45, 7) is 6.12. The van der Waals surface area contributed by atoms with Crippen LogP contribution in [0, 0.1) is 0 Å². The minimum atomic E-state index is -0.526. The predicted molar refractivity (Wildman–Crippen MR) is 105 cm³/mol. The molecule has 2 N–H and O–H groups in total. The van der Waals surface area contributed by atoms with Crippen molar-refractivity contribution in [2.75, 3.05) is 19.6 Å². The zero-order valence-corrected chi connectivity index (χ0v) is 17.0. The number of β-lactam (4-membered cyclic amide) rings is 1. The number of hydrogen-bond acceptors (Lipinski definition) is 7. The minimum Gasteiger partial charge on any atom is -0.363 e. The largest absolute Gasteiger partial charge is 0.363 e. The van der Waals surface area contributed by atoms with Gasteiger partial charge in [-0.15, -0.1) is 22.0 Å². The fourth-order valence-corrected chi connectivity index (χ4v) is 5.75. The van der Waals surface area contributed by atoms with Gasteiger partial charge in [0.15, 0.2) is 5.82 Å². The van der Waals surface area contributed by atoms with Crippen LogP contribution in [0.3, 0.4) is 0 Å². The maximum atomic E-state index is 12.7. The maximum absolute atomic E-state index is 12.7. The highest BCUT2D eigenvalue weighted by Crippen LogP contribution is 2.56. The Morgan fingerprint density at radius 1 is 1.36 bits per heavy atom. The molecule has 0 aliphatic carbocycles. The number of hydrogen-bond donors (Lipinski definition) is 2. The Kier molecular flexibility index (Phi) is 5.26. The third kappa shape index (κ3) is 3.59. The third-order valence-corrected chi connectivity index (χ3v) is 7.06. The number of aliphatic imine (C=N–C) groups is 1. The SMILES string of the molecule is CC1(C)S[C@@H]2[C@H](NC(=O)CN=CN3CCCCCC3)C(=O)N2[C@H]1c1nn[nH]n1. The molecule has 0 saturated carbocycles. The summed E-state index contributed by atoms with van der Waals surface area (Å²) in [7, 11) is 0. The summed E-state index contributed by atoms with van der Waals surface area (Å²) >= 11 is 1.65. The van der Waals surface area contributed by atoms with Crippen LogP contribution in [0.5, 0.6) is 0 Å². The van der Waals surface area contributed by atoms with E-state index in [1.807, 2.05) is 0 Å². The zero-order chi connectivity index (χ0) is 19.7. The third-order valence-electron chi connectivity index (χ3n) is 5.48. The first kappa shape index (κ1) is 19.2. The Morgan fingerprint density at radius 2 is 2.11 bits per heavy atom. The van der Waals surface area contributed by atoms with Crippen molar-refractivity contribution < 1.29 is 9.59 Å². The highest BCUT2D eigenvalue weighted by molar-refractivity contribution is 8.01. The van der Waals surface area contributed by atoms with Gasteiger partial charge in [0.1, 0.15) is 24.0 Å². The number of nitrogens with one attached hydrogen (secondary N) is 2. The number of carbonyl (C=O) groups excluding carboxylic acids is 2. The number of carbonyl (C=O) groups is 2. The number of fused-ring (bicyclic) bond motifs is 1. The first-order chi connectivity index (χ1) is 13.5. The van der Waals surface area contributed by atoms with Crippen LogP contribution in [0.1, 0.15) is 51.4 Å². The molecular weight excluding hydrogens is 380 g/mol. The van der Waals surface area contributed by atoms with Gasteiger partial charge in [0.25, 0.3) is 0 Å². The normalized spacial score (nSPS) is 29.5. The Hall–Kier alpha value is -2.17. The highest BCUT2D eigenvalue weighted by Gasteiger charge is 2.63. The van der Waals surface area contributed by atoms with Gasteiger partial charge in [-0.2, -0.15) is 5.21 Å². The number of tetrazole rings is 1. The molecular formula is C17H26N8O2S. The lowest BCUT2D eigenvalue weighted by atomic mass is 9.95. The molecule has 0 spiro atoms. The first-order valence-electron chi connectivity index (χ1n) is 9.74. The molecule has 3 aliphatic heterocycles. The molecule has 4 heterocycles. The smallest absolute Gasteiger partial charge is 0.249 e. The van der Waals surface area contributed by atoms with Crippen LogP contribution in [0.25, 0.3) is 0 Å². The fourth-order valence-electron chi connectivity index (χ4n) is 4.12. The number of likely N-dealkylation sites (tertiary alicyclic amines) is 1. The lowest BCUT2D eigenvalue weighted by Gasteiger charge is -2.43. The number of thioether (sulfide) groups is 1. The summed E-state index contributed by atoms with van der Waals surface area (Å²) in [6, 6.07) is -0.787. The molecule has 0 aromatic carbocycles. The lowest BCUT2D eigenvalue weighted by Crippen LogP contribution is -2.68. The van der Waals surface area contributed by atoms with E-state index >= 15 is 0 Å². The minimum absolute atomic E-state index is 0.0370. The molecule has 3 fully saturated rings. The summed E-state index contributed by atoms with van der Waals surface area (Å²) in [5.74, 6) is 0.161. The summed E-state index contributed by atoms with van der Waals surface area (Å²) < 4.78 is -0.269. The molecule has 0 unspecified atom stereocenters. The van der Waals surface area contributed by atoms with Gasteiger partial charge in [-0.1, -0.05) is 18.1 Å². The second-order valence-electron chi connectivity index (χ2n) is 7.98. The molecule has 28 heavy (non-hydrogen) atoms. The number of aromatic nitrogens is 4. The second kappa shape index (κ2) is 7.69. The molecule has 0 radical (unpaired) electrons. The van der Waals surface area contributed by atoms with Gasteiger partial charge in [0.2, 0.25) is 11.8 Å². The van der Waals surface area contributed by atoms with Crippen molar-refractivity contribution in [2.24, 2.45) is 4.99 Å². The molecule has 3 aliphatic rings. The summed E-state index contributed by atoms with van der Waals surface area (Å²) in [4.78, 5) is 33.2. The van der Waals surface area contributed by atoms with Crippen LogP contribution in [-0.4, -0.2) is 84.4 Å². The fraction of sp³-hybridized carbons (Fsp3) is 0.765. The Morgan fingerprint density at radius 3 is 2.79 bits per heavy atom. The molecule has 1 aromatic rings. The van der Waals surface area contributed by atoms with E-state index in [0.29, 0.717) is 5.82 Å². The Labute approximate surface area is 167 Å². The summed E-state index contributed by atoms with van der Waals surface area (Å²) in [6.07, 6.45) is 6.62. The number of aromatic amines is 1. The van der Waals surface area contributed by atoms with Crippen LogP contribution in [0.4, 0.5) is 0 Å². The molecule has 152 valence electrons. The molecule has 1 aromatic heterocycles. The van der Waals surface area contributed by atoms with E-state index in [9.17, 15) is 9.59 Å². The van der Waals surface area contributed by atoms with Gasteiger partial charge in [-0.05, 0) is 26.7 Å². The monoisotopic (exact) mass is 406 g/mol. The van der Waals surface area contributed by atoms with Gasteiger partial charge in [-0.25, -0.2) is 0 Å². The van der Waals surface area contributed by atoms with Crippen molar-refractivity contribution in [3.8, 4) is 0 Å². The van der Waals surface area contributed by atoms with Crippen LogP contribution < -0.4 is 5.32 Å². The lowest BCUT2D eigenvalue weighted by molar-refractivity contribution is -0.151. The van der Waals surface area contributed by atoms with Crippen molar-refractivity contribution in [2.45, 2.75) is 61.7 Å². The van der Waals surface area contributed by atoms with Gasteiger partial charge in [0.05, 0.1) is 6.34 Å². The summed E-state index contributed by atoms with van der Waals surface area (Å²) in [5, 5.41) is 16.9. The van der Waals surface area contributed by atoms with E-state index in [2.05, 4.69) is 49.7 Å². The van der Waals surface area contributed by atoms with Gasteiger partial charge in [-0.3, -0.25) is 14.6 Å². The van der Waals surface area contributed by atoms with E-state index in [0.717, 1.165) is 13.1 Å². The number of amides is 2. The second-order valence-corrected chi connectivity index (χ2v) is 9.75. The van der Waals surface area contributed by atoms with E-state index in [-0.39, 0.29) is 34.5 Å². The average Bonchev–Trinajstić information content (AvgIpc) is 3.16. The van der Waals surface area contributed by atoms with Crippen LogP contribution >= 0.6 is 11.8 Å².